The van der Waals surface area contributed by atoms with Crippen molar-refractivity contribution >= 4 is 16.0 Å². The summed E-state index contributed by atoms with van der Waals surface area (Å²) in [5.74, 6) is -1.27. The summed E-state index contributed by atoms with van der Waals surface area (Å²) in [5, 5.41) is 8.88. The molecule has 0 aromatic heterocycles. The molecule has 1 aromatic rings. The van der Waals surface area contributed by atoms with E-state index in [4.69, 9.17) is 14.6 Å². The average molecular weight is 345 g/mol. The van der Waals surface area contributed by atoms with E-state index in [1.54, 1.807) is 12.1 Å². The van der Waals surface area contributed by atoms with Gasteiger partial charge in [-0.25, -0.2) is 12.7 Å². The average Bonchev–Trinajstić information content (AvgIpc) is 2.51. The van der Waals surface area contributed by atoms with Crippen molar-refractivity contribution in [2.45, 2.75) is 18.7 Å². The highest BCUT2D eigenvalue weighted by Crippen LogP contribution is 2.19. The van der Waals surface area contributed by atoms with E-state index < -0.39 is 21.9 Å². The van der Waals surface area contributed by atoms with Crippen molar-refractivity contribution in [3.05, 3.63) is 24.3 Å². The number of carboxylic acids is 1. The minimum absolute atomic E-state index is 0.0924. The molecule has 130 valence electrons. The molecule has 0 aliphatic rings. The van der Waals surface area contributed by atoms with Gasteiger partial charge in [-0.15, -0.1) is 0 Å². The molecule has 0 radical (unpaired) electrons. The Balaban J connectivity index is 2.71. The maximum Gasteiger partial charge on any atom is 0.307 e. The number of carbonyl (C=O) groups is 1. The maximum atomic E-state index is 12.4. The first-order valence-electron chi connectivity index (χ1n) is 7.28. The Morgan fingerprint density at radius 1 is 1.26 bits per heavy atom. The van der Waals surface area contributed by atoms with Gasteiger partial charge < -0.3 is 14.6 Å². The molecule has 0 fully saturated rings. The summed E-state index contributed by atoms with van der Waals surface area (Å²) in [6, 6.07) is 6.00. The van der Waals surface area contributed by atoms with Crippen LogP contribution >= 0.6 is 0 Å². The van der Waals surface area contributed by atoms with Crippen LogP contribution in [-0.2, 0) is 19.6 Å². The Morgan fingerprint density at radius 3 is 2.39 bits per heavy atom. The van der Waals surface area contributed by atoms with E-state index in [0.29, 0.717) is 25.6 Å². The standard InChI is InChI=1S/C15H23NO6S/c1-4-21-9-10-22-13-5-7-14(8-6-13)23(19,20)16(3)11-12(2)15(17)18/h5-8,12H,4,9-11H2,1-3H3,(H,17,18). The Hall–Kier alpha value is -1.64. The van der Waals surface area contributed by atoms with Crippen LogP contribution in [0.1, 0.15) is 13.8 Å². The highest BCUT2D eigenvalue weighted by atomic mass is 32.2. The fourth-order valence-electron chi connectivity index (χ4n) is 1.81. The number of rotatable bonds is 10. The smallest absolute Gasteiger partial charge is 0.307 e. The number of benzene rings is 1. The lowest BCUT2D eigenvalue weighted by molar-refractivity contribution is -0.141. The molecule has 0 saturated carbocycles. The first-order valence-corrected chi connectivity index (χ1v) is 8.72. The molecular weight excluding hydrogens is 322 g/mol. The molecule has 0 spiro atoms. The normalized spacial score (nSPS) is 13.0. The van der Waals surface area contributed by atoms with E-state index in [9.17, 15) is 13.2 Å². The molecule has 0 aliphatic heterocycles. The highest BCUT2D eigenvalue weighted by Gasteiger charge is 2.24. The number of nitrogens with zero attached hydrogens (tertiary/aromatic N) is 1. The number of ether oxygens (including phenoxy) is 2. The molecule has 8 heteroatoms. The van der Waals surface area contributed by atoms with E-state index in [2.05, 4.69) is 0 Å². The van der Waals surface area contributed by atoms with Gasteiger partial charge in [-0.3, -0.25) is 4.79 Å². The second-order valence-corrected chi connectivity index (χ2v) is 7.09. The van der Waals surface area contributed by atoms with Gasteiger partial charge in [0, 0.05) is 20.2 Å². The molecule has 0 bridgehead atoms. The molecule has 7 nitrogen and oxygen atoms in total. The second-order valence-electron chi connectivity index (χ2n) is 5.04. The summed E-state index contributed by atoms with van der Waals surface area (Å²) in [7, 11) is -2.36. The maximum absolute atomic E-state index is 12.4. The lowest BCUT2D eigenvalue weighted by Crippen LogP contribution is -2.33. The number of hydrogen-bond acceptors (Lipinski definition) is 5. The van der Waals surface area contributed by atoms with Gasteiger partial charge in [0.25, 0.3) is 0 Å². The number of aliphatic carboxylic acids is 1. The first kappa shape index (κ1) is 19.4. The molecule has 0 aliphatic carbocycles. The van der Waals surface area contributed by atoms with Gasteiger partial charge in [-0.05, 0) is 31.2 Å². The summed E-state index contributed by atoms with van der Waals surface area (Å²) < 4.78 is 36.4. The van der Waals surface area contributed by atoms with Crippen molar-refractivity contribution in [1.29, 1.82) is 0 Å². The fourth-order valence-corrected chi connectivity index (χ4v) is 3.07. The van der Waals surface area contributed by atoms with E-state index in [0.717, 1.165) is 4.31 Å². The third kappa shape index (κ3) is 5.81. The monoisotopic (exact) mass is 345 g/mol. The second kappa shape index (κ2) is 8.85. The van der Waals surface area contributed by atoms with Gasteiger partial charge in [0.15, 0.2) is 0 Å². The SMILES string of the molecule is CCOCCOc1ccc(S(=O)(=O)N(C)CC(C)C(=O)O)cc1. The van der Waals surface area contributed by atoms with Gasteiger partial charge in [-0.1, -0.05) is 6.92 Å². The fraction of sp³-hybridized carbons (Fsp3) is 0.533. The van der Waals surface area contributed by atoms with Gasteiger partial charge in [0.2, 0.25) is 10.0 Å². The van der Waals surface area contributed by atoms with Gasteiger partial charge in [-0.2, -0.15) is 0 Å². The molecule has 1 unspecified atom stereocenters. The molecular formula is C15H23NO6S. The molecule has 0 saturated heterocycles. The summed E-state index contributed by atoms with van der Waals surface area (Å²) in [5.41, 5.74) is 0. The van der Waals surface area contributed by atoms with Crippen LogP contribution in [0.3, 0.4) is 0 Å². The molecule has 23 heavy (non-hydrogen) atoms. The number of sulfonamides is 1. The summed E-state index contributed by atoms with van der Waals surface area (Å²) >= 11 is 0. The van der Waals surface area contributed by atoms with Crippen LogP contribution in [0.5, 0.6) is 5.75 Å². The molecule has 0 amide bonds. The van der Waals surface area contributed by atoms with E-state index in [1.807, 2.05) is 6.92 Å². The molecule has 1 atom stereocenters. The zero-order chi connectivity index (χ0) is 17.5. The topological polar surface area (TPSA) is 93.1 Å². The van der Waals surface area contributed by atoms with Crippen molar-refractivity contribution in [3.8, 4) is 5.75 Å². The summed E-state index contributed by atoms with van der Waals surface area (Å²) in [6.07, 6.45) is 0. The van der Waals surface area contributed by atoms with Crippen molar-refractivity contribution < 1.29 is 27.8 Å². The third-order valence-electron chi connectivity index (χ3n) is 3.18. The van der Waals surface area contributed by atoms with Crippen LogP contribution < -0.4 is 4.74 Å². The van der Waals surface area contributed by atoms with Crippen molar-refractivity contribution in [2.24, 2.45) is 5.92 Å². The Labute approximate surface area is 136 Å². The van der Waals surface area contributed by atoms with Crippen LogP contribution in [0.4, 0.5) is 0 Å². The number of carboxylic acid groups (broad SMARTS) is 1. The Morgan fingerprint density at radius 2 is 1.87 bits per heavy atom. The van der Waals surface area contributed by atoms with Crippen molar-refractivity contribution in [2.75, 3.05) is 33.4 Å². The molecule has 1 rings (SSSR count). The third-order valence-corrected chi connectivity index (χ3v) is 5.02. The van der Waals surface area contributed by atoms with Gasteiger partial charge in [0.05, 0.1) is 17.4 Å². The van der Waals surface area contributed by atoms with Gasteiger partial charge >= 0.3 is 5.97 Å². The van der Waals surface area contributed by atoms with Crippen LogP contribution in [0.15, 0.2) is 29.2 Å². The van der Waals surface area contributed by atoms with E-state index in [-0.39, 0.29) is 11.4 Å². The predicted molar refractivity (Wildman–Crippen MR) is 85.0 cm³/mol. The van der Waals surface area contributed by atoms with Crippen LogP contribution in [-0.4, -0.2) is 57.2 Å². The zero-order valence-corrected chi connectivity index (χ0v) is 14.4. The van der Waals surface area contributed by atoms with Crippen LogP contribution in [0.2, 0.25) is 0 Å². The summed E-state index contributed by atoms with van der Waals surface area (Å²) in [6.45, 7) is 4.72. The largest absolute Gasteiger partial charge is 0.491 e. The van der Waals surface area contributed by atoms with Crippen LogP contribution in [0, 0.1) is 5.92 Å². The van der Waals surface area contributed by atoms with Crippen LogP contribution in [0.25, 0.3) is 0 Å². The lowest BCUT2D eigenvalue weighted by Gasteiger charge is -2.19. The minimum atomic E-state index is -3.72. The quantitative estimate of drug-likeness (QED) is 0.645. The molecule has 1 aromatic carbocycles. The highest BCUT2D eigenvalue weighted by molar-refractivity contribution is 7.89. The zero-order valence-electron chi connectivity index (χ0n) is 13.6. The van der Waals surface area contributed by atoms with Gasteiger partial charge in [0.1, 0.15) is 12.4 Å². The number of hydrogen-bond donors (Lipinski definition) is 1. The minimum Gasteiger partial charge on any atom is -0.491 e. The lowest BCUT2D eigenvalue weighted by atomic mass is 10.2. The first-order chi connectivity index (χ1) is 10.8. The van der Waals surface area contributed by atoms with Crippen molar-refractivity contribution in [3.63, 3.8) is 0 Å². The predicted octanol–water partition coefficient (Wildman–Crippen LogP) is 1.44. The van der Waals surface area contributed by atoms with E-state index in [1.165, 1.54) is 26.1 Å². The van der Waals surface area contributed by atoms with Crippen molar-refractivity contribution in [1.82, 2.24) is 4.31 Å². The molecule has 0 heterocycles. The summed E-state index contributed by atoms with van der Waals surface area (Å²) in [4.78, 5) is 10.9. The Bertz CT molecular complexity index is 599. The van der Waals surface area contributed by atoms with E-state index >= 15 is 0 Å². The Kier molecular flexibility index (Phi) is 7.47. The molecule has 1 N–H and O–H groups in total.